The maximum absolute atomic E-state index is 13.2. The number of halogens is 2. The van der Waals surface area contributed by atoms with Crippen molar-refractivity contribution in [2.24, 2.45) is 5.92 Å². The van der Waals surface area contributed by atoms with E-state index in [2.05, 4.69) is 5.32 Å². The molecule has 0 bridgehead atoms. The van der Waals surface area contributed by atoms with Crippen LogP contribution in [0.2, 0.25) is 0 Å². The fraction of sp³-hybridized carbons (Fsp3) is 0.538. The fourth-order valence-corrected chi connectivity index (χ4v) is 1.67. The monoisotopic (exact) mass is 243 g/mol. The quantitative estimate of drug-likeness (QED) is 0.804. The third-order valence-electron chi connectivity index (χ3n) is 2.45. The van der Waals surface area contributed by atoms with Gasteiger partial charge in [0.15, 0.2) is 0 Å². The number of rotatable bonds is 6. The van der Waals surface area contributed by atoms with E-state index in [1.807, 2.05) is 13.8 Å². The second-order valence-electron chi connectivity index (χ2n) is 4.65. The lowest BCUT2D eigenvalue weighted by molar-refractivity contribution is 0.146. The molecule has 2 N–H and O–H groups in total. The Morgan fingerprint density at radius 2 is 2.00 bits per heavy atom. The fourth-order valence-electron chi connectivity index (χ4n) is 1.67. The van der Waals surface area contributed by atoms with Crippen molar-refractivity contribution in [1.29, 1.82) is 0 Å². The molecule has 0 fully saturated rings. The number of hydrogen-bond acceptors (Lipinski definition) is 2. The summed E-state index contributed by atoms with van der Waals surface area (Å²) in [5.41, 5.74) is 0.406. The van der Waals surface area contributed by atoms with E-state index in [1.165, 1.54) is 12.1 Å². The highest BCUT2D eigenvalue weighted by Crippen LogP contribution is 2.09. The predicted molar refractivity (Wildman–Crippen MR) is 63.5 cm³/mol. The average Bonchev–Trinajstić information content (AvgIpc) is 2.20. The molecule has 96 valence electrons. The first-order chi connectivity index (χ1) is 7.99. The smallest absolute Gasteiger partial charge is 0.130 e. The maximum atomic E-state index is 13.2. The Balaban J connectivity index is 2.35. The van der Waals surface area contributed by atoms with Crippen molar-refractivity contribution in [2.45, 2.75) is 32.9 Å². The van der Waals surface area contributed by atoms with Crippen molar-refractivity contribution in [1.82, 2.24) is 5.32 Å². The molecule has 1 atom stereocenters. The molecule has 0 aromatic heterocycles. The molecule has 17 heavy (non-hydrogen) atoms. The highest BCUT2D eigenvalue weighted by Gasteiger charge is 2.07. The van der Waals surface area contributed by atoms with E-state index in [0.29, 0.717) is 31.0 Å². The van der Waals surface area contributed by atoms with Crippen molar-refractivity contribution in [3.05, 3.63) is 35.4 Å². The van der Waals surface area contributed by atoms with Gasteiger partial charge in [-0.05, 0) is 18.4 Å². The number of aliphatic hydroxyl groups is 1. The molecule has 0 spiro atoms. The van der Waals surface area contributed by atoms with E-state index in [9.17, 15) is 13.9 Å². The number of nitrogens with one attached hydrogen (secondary N) is 1. The summed E-state index contributed by atoms with van der Waals surface area (Å²) in [7, 11) is 0. The van der Waals surface area contributed by atoms with Gasteiger partial charge in [0.05, 0.1) is 6.10 Å². The Labute approximate surface area is 101 Å². The van der Waals surface area contributed by atoms with Crippen LogP contribution in [0, 0.1) is 17.6 Å². The van der Waals surface area contributed by atoms with Crippen molar-refractivity contribution in [3.8, 4) is 0 Å². The molecule has 0 aliphatic rings. The molecular weight excluding hydrogens is 224 g/mol. The van der Waals surface area contributed by atoms with Gasteiger partial charge in [0, 0.05) is 24.7 Å². The Morgan fingerprint density at radius 3 is 2.59 bits per heavy atom. The van der Waals surface area contributed by atoms with Gasteiger partial charge in [-0.1, -0.05) is 19.9 Å². The topological polar surface area (TPSA) is 32.3 Å². The van der Waals surface area contributed by atoms with Crippen LogP contribution in [-0.4, -0.2) is 17.8 Å². The van der Waals surface area contributed by atoms with Gasteiger partial charge < -0.3 is 10.4 Å². The van der Waals surface area contributed by atoms with Crippen molar-refractivity contribution < 1.29 is 13.9 Å². The van der Waals surface area contributed by atoms with Gasteiger partial charge in [-0.3, -0.25) is 0 Å². The van der Waals surface area contributed by atoms with E-state index < -0.39 is 17.7 Å². The lowest BCUT2D eigenvalue weighted by Crippen LogP contribution is -2.27. The van der Waals surface area contributed by atoms with Crippen LogP contribution in [0.15, 0.2) is 18.2 Å². The van der Waals surface area contributed by atoms with Gasteiger partial charge in [0.1, 0.15) is 11.6 Å². The number of aliphatic hydroxyl groups excluding tert-OH is 1. The lowest BCUT2D eigenvalue weighted by atomic mass is 10.1. The summed E-state index contributed by atoms with van der Waals surface area (Å²) in [5.74, 6) is -0.712. The summed E-state index contributed by atoms with van der Waals surface area (Å²) in [5, 5.41) is 12.5. The predicted octanol–water partition coefficient (Wildman–Crippen LogP) is 2.46. The van der Waals surface area contributed by atoms with E-state index >= 15 is 0 Å². The van der Waals surface area contributed by atoms with Crippen LogP contribution in [0.3, 0.4) is 0 Å². The first kappa shape index (κ1) is 14.1. The molecule has 0 aliphatic carbocycles. The molecule has 1 rings (SSSR count). The molecule has 2 nitrogen and oxygen atoms in total. The summed E-state index contributed by atoms with van der Waals surface area (Å²) >= 11 is 0. The Morgan fingerprint density at radius 1 is 1.29 bits per heavy atom. The molecule has 4 heteroatoms. The molecule has 1 aromatic rings. The summed E-state index contributed by atoms with van der Waals surface area (Å²) in [6.45, 7) is 4.77. The van der Waals surface area contributed by atoms with Crippen LogP contribution in [0.1, 0.15) is 25.8 Å². The zero-order valence-corrected chi connectivity index (χ0v) is 10.2. The Bertz CT molecular complexity index is 355. The van der Waals surface area contributed by atoms with E-state index in [-0.39, 0.29) is 0 Å². The second kappa shape index (κ2) is 6.67. The van der Waals surface area contributed by atoms with Crippen LogP contribution in [-0.2, 0) is 6.54 Å². The minimum absolute atomic E-state index is 0.293. The molecule has 0 aliphatic heterocycles. The standard InChI is InChI=1S/C13H19F2NO/c1-9(2)5-12(17)8-16-7-10-3-4-11(14)6-13(10)15/h3-4,6,9,12,16-17H,5,7-8H2,1-2H3. The Hall–Kier alpha value is -1.00. The molecular formula is C13H19F2NO. The van der Waals surface area contributed by atoms with E-state index in [1.54, 1.807) is 0 Å². The van der Waals surface area contributed by atoms with E-state index in [4.69, 9.17) is 0 Å². The number of benzene rings is 1. The normalized spacial score (nSPS) is 13.1. The van der Waals surface area contributed by atoms with Crippen LogP contribution in [0.5, 0.6) is 0 Å². The van der Waals surface area contributed by atoms with Crippen LogP contribution < -0.4 is 5.32 Å². The highest BCUT2D eigenvalue weighted by molar-refractivity contribution is 5.18. The summed E-state index contributed by atoms with van der Waals surface area (Å²) in [6.07, 6.45) is 0.275. The van der Waals surface area contributed by atoms with Crippen LogP contribution in [0.25, 0.3) is 0 Å². The van der Waals surface area contributed by atoms with Crippen molar-refractivity contribution >= 4 is 0 Å². The molecule has 0 amide bonds. The van der Waals surface area contributed by atoms with E-state index in [0.717, 1.165) is 6.07 Å². The summed E-state index contributed by atoms with van der Waals surface area (Å²) in [6, 6.07) is 3.50. The minimum atomic E-state index is -0.578. The van der Waals surface area contributed by atoms with Crippen LogP contribution in [0.4, 0.5) is 8.78 Å². The lowest BCUT2D eigenvalue weighted by Gasteiger charge is -2.14. The third-order valence-corrected chi connectivity index (χ3v) is 2.45. The van der Waals surface area contributed by atoms with Crippen LogP contribution >= 0.6 is 0 Å². The molecule has 0 saturated heterocycles. The van der Waals surface area contributed by atoms with Gasteiger partial charge in [0.25, 0.3) is 0 Å². The number of hydrogen-bond donors (Lipinski definition) is 2. The van der Waals surface area contributed by atoms with Gasteiger partial charge in [-0.15, -0.1) is 0 Å². The van der Waals surface area contributed by atoms with Gasteiger partial charge in [0.2, 0.25) is 0 Å². The molecule has 0 radical (unpaired) electrons. The zero-order chi connectivity index (χ0) is 12.8. The van der Waals surface area contributed by atoms with Crippen molar-refractivity contribution in [2.75, 3.05) is 6.54 Å². The van der Waals surface area contributed by atoms with Gasteiger partial charge in [-0.25, -0.2) is 8.78 Å². The molecule has 1 unspecified atom stereocenters. The Kier molecular flexibility index (Phi) is 5.51. The van der Waals surface area contributed by atoms with Crippen molar-refractivity contribution in [3.63, 3.8) is 0 Å². The first-order valence-electron chi connectivity index (χ1n) is 5.81. The zero-order valence-electron chi connectivity index (χ0n) is 10.2. The summed E-state index contributed by atoms with van der Waals surface area (Å²) in [4.78, 5) is 0. The summed E-state index contributed by atoms with van der Waals surface area (Å²) < 4.78 is 25.9. The van der Waals surface area contributed by atoms with Gasteiger partial charge >= 0.3 is 0 Å². The largest absolute Gasteiger partial charge is 0.392 e. The maximum Gasteiger partial charge on any atom is 0.130 e. The third kappa shape index (κ3) is 5.24. The minimum Gasteiger partial charge on any atom is -0.392 e. The molecule has 1 aromatic carbocycles. The van der Waals surface area contributed by atoms with Gasteiger partial charge in [-0.2, -0.15) is 0 Å². The average molecular weight is 243 g/mol. The second-order valence-corrected chi connectivity index (χ2v) is 4.65. The molecule has 0 saturated carbocycles. The molecule has 0 heterocycles. The highest BCUT2D eigenvalue weighted by atomic mass is 19.1. The first-order valence-corrected chi connectivity index (χ1v) is 5.81. The SMILES string of the molecule is CC(C)CC(O)CNCc1ccc(F)cc1F.